The number of ether oxygens (including phenoxy) is 2. The summed E-state index contributed by atoms with van der Waals surface area (Å²) in [5.74, 6) is 2.48. The topological polar surface area (TPSA) is 52.6 Å². The Morgan fingerprint density at radius 1 is 0.815 bits per heavy atom. The van der Waals surface area contributed by atoms with Gasteiger partial charge in [0.15, 0.2) is 0 Å². The first kappa shape index (κ1) is 24.0. The van der Waals surface area contributed by atoms with Crippen molar-refractivity contribution in [2.24, 2.45) is 29.6 Å². The molecule has 0 spiro atoms. The maximum atomic E-state index is 11.9. The lowest BCUT2D eigenvalue weighted by atomic mass is 9.73. The molecule has 3 atom stereocenters. The van der Waals surface area contributed by atoms with Crippen molar-refractivity contribution in [1.82, 2.24) is 0 Å². The van der Waals surface area contributed by atoms with Crippen LogP contribution in [0.4, 0.5) is 0 Å². The summed E-state index contributed by atoms with van der Waals surface area (Å²) in [5.41, 5.74) is 0. The number of esters is 2. The Kier molecular flexibility index (Phi) is 11.7. The summed E-state index contributed by atoms with van der Waals surface area (Å²) >= 11 is 0. The zero-order valence-electron chi connectivity index (χ0n) is 18.3. The van der Waals surface area contributed by atoms with E-state index in [9.17, 15) is 9.59 Å². The van der Waals surface area contributed by atoms with E-state index >= 15 is 0 Å². The van der Waals surface area contributed by atoms with Gasteiger partial charge in [-0.2, -0.15) is 0 Å². The van der Waals surface area contributed by atoms with Crippen LogP contribution in [0.3, 0.4) is 0 Å². The van der Waals surface area contributed by atoms with Crippen LogP contribution in [0.15, 0.2) is 0 Å². The fourth-order valence-electron chi connectivity index (χ4n) is 3.95. The summed E-state index contributed by atoms with van der Waals surface area (Å²) < 4.78 is 10.5. The highest BCUT2D eigenvalue weighted by Crippen LogP contribution is 2.37. The maximum Gasteiger partial charge on any atom is 0.306 e. The Balaban J connectivity index is 2.25. The summed E-state index contributed by atoms with van der Waals surface area (Å²) in [4.78, 5) is 23.5. The molecule has 0 aromatic rings. The van der Waals surface area contributed by atoms with Gasteiger partial charge >= 0.3 is 11.9 Å². The van der Waals surface area contributed by atoms with Gasteiger partial charge < -0.3 is 9.47 Å². The van der Waals surface area contributed by atoms with Gasteiger partial charge in [0.2, 0.25) is 0 Å². The lowest BCUT2D eigenvalue weighted by Crippen LogP contribution is -2.24. The highest BCUT2D eigenvalue weighted by molar-refractivity contribution is 5.77. The second kappa shape index (κ2) is 13.2. The standard InChI is InChI=1S/C23H42O4/c1-17(2)10-11-20-8-6-7-9-21(20)14-19(5)16-27-23(25)13-12-22(24)26-15-18(3)4/h17-21H,6-16H2,1-5H3. The van der Waals surface area contributed by atoms with Crippen molar-refractivity contribution in [2.75, 3.05) is 13.2 Å². The summed E-state index contributed by atoms with van der Waals surface area (Å²) in [6, 6.07) is 0. The molecule has 0 heterocycles. The summed E-state index contributed by atoms with van der Waals surface area (Å²) in [7, 11) is 0. The Morgan fingerprint density at radius 2 is 1.37 bits per heavy atom. The van der Waals surface area contributed by atoms with E-state index in [1.165, 1.54) is 38.5 Å². The van der Waals surface area contributed by atoms with Crippen LogP contribution in [-0.4, -0.2) is 25.2 Å². The molecule has 1 rings (SSSR count). The Bertz CT molecular complexity index is 430. The average molecular weight is 383 g/mol. The molecule has 3 unspecified atom stereocenters. The van der Waals surface area contributed by atoms with E-state index in [0.29, 0.717) is 25.0 Å². The van der Waals surface area contributed by atoms with Crippen LogP contribution in [0.1, 0.15) is 92.4 Å². The maximum absolute atomic E-state index is 11.9. The molecule has 0 aromatic heterocycles. The van der Waals surface area contributed by atoms with Crippen molar-refractivity contribution in [3.63, 3.8) is 0 Å². The zero-order valence-corrected chi connectivity index (χ0v) is 18.3. The molecule has 27 heavy (non-hydrogen) atoms. The molecule has 1 saturated carbocycles. The minimum atomic E-state index is -0.316. The van der Waals surface area contributed by atoms with Gasteiger partial charge in [-0.15, -0.1) is 0 Å². The number of hydrogen-bond acceptors (Lipinski definition) is 4. The van der Waals surface area contributed by atoms with Crippen molar-refractivity contribution >= 4 is 11.9 Å². The Hall–Kier alpha value is -1.06. The largest absolute Gasteiger partial charge is 0.465 e. The smallest absolute Gasteiger partial charge is 0.306 e. The van der Waals surface area contributed by atoms with Gasteiger partial charge in [0.1, 0.15) is 0 Å². The van der Waals surface area contributed by atoms with Gasteiger partial charge in [-0.25, -0.2) is 0 Å². The van der Waals surface area contributed by atoms with Crippen LogP contribution in [0.5, 0.6) is 0 Å². The molecule has 0 saturated heterocycles. The van der Waals surface area contributed by atoms with Gasteiger partial charge in [0, 0.05) is 0 Å². The van der Waals surface area contributed by atoms with Crippen molar-refractivity contribution in [1.29, 1.82) is 0 Å². The average Bonchev–Trinajstić information content (AvgIpc) is 2.62. The van der Waals surface area contributed by atoms with Crippen molar-refractivity contribution in [3.05, 3.63) is 0 Å². The minimum Gasteiger partial charge on any atom is -0.465 e. The predicted molar refractivity (Wildman–Crippen MR) is 109 cm³/mol. The third-order valence-electron chi connectivity index (χ3n) is 5.53. The van der Waals surface area contributed by atoms with Gasteiger partial charge in [-0.1, -0.05) is 66.7 Å². The molecule has 4 heteroatoms. The molecule has 158 valence electrons. The van der Waals surface area contributed by atoms with Crippen LogP contribution in [-0.2, 0) is 19.1 Å². The Labute approximate surface area is 166 Å². The number of hydrogen-bond donors (Lipinski definition) is 0. The van der Waals surface area contributed by atoms with Crippen molar-refractivity contribution in [2.45, 2.75) is 92.4 Å². The number of carbonyl (C=O) groups is 2. The molecule has 1 aliphatic rings. The lowest BCUT2D eigenvalue weighted by Gasteiger charge is -2.33. The highest BCUT2D eigenvalue weighted by Gasteiger charge is 2.26. The van der Waals surface area contributed by atoms with Gasteiger partial charge in [0.25, 0.3) is 0 Å². The quantitative estimate of drug-likeness (QED) is 0.402. The molecule has 0 aliphatic heterocycles. The van der Waals surface area contributed by atoms with Crippen LogP contribution in [0.2, 0.25) is 0 Å². The highest BCUT2D eigenvalue weighted by atomic mass is 16.5. The molecular weight excluding hydrogens is 340 g/mol. The molecule has 1 fully saturated rings. The number of rotatable bonds is 12. The molecule has 0 aromatic carbocycles. The van der Waals surface area contributed by atoms with E-state index in [0.717, 1.165) is 24.2 Å². The van der Waals surface area contributed by atoms with E-state index in [2.05, 4.69) is 20.8 Å². The van der Waals surface area contributed by atoms with Crippen molar-refractivity contribution < 1.29 is 19.1 Å². The fourth-order valence-corrected chi connectivity index (χ4v) is 3.95. The molecule has 0 bridgehead atoms. The zero-order chi connectivity index (χ0) is 20.2. The molecule has 0 amide bonds. The van der Waals surface area contributed by atoms with Gasteiger partial charge in [-0.3, -0.25) is 9.59 Å². The fraction of sp³-hybridized carbons (Fsp3) is 0.913. The first-order chi connectivity index (χ1) is 12.8. The second-order valence-electron chi connectivity index (χ2n) is 9.38. The molecule has 0 radical (unpaired) electrons. The van der Waals surface area contributed by atoms with E-state index in [1.807, 2.05) is 13.8 Å². The second-order valence-corrected chi connectivity index (χ2v) is 9.38. The third-order valence-corrected chi connectivity index (χ3v) is 5.53. The van der Waals surface area contributed by atoms with E-state index in [4.69, 9.17) is 9.47 Å². The van der Waals surface area contributed by atoms with Crippen LogP contribution in [0, 0.1) is 29.6 Å². The van der Waals surface area contributed by atoms with Gasteiger partial charge in [0.05, 0.1) is 26.1 Å². The van der Waals surface area contributed by atoms with Crippen LogP contribution < -0.4 is 0 Å². The predicted octanol–water partition coefficient (Wildman–Crippen LogP) is 5.78. The Morgan fingerprint density at radius 3 is 1.93 bits per heavy atom. The monoisotopic (exact) mass is 382 g/mol. The van der Waals surface area contributed by atoms with Crippen LogP contribution in [0.25, 0.3) is 0 Å². The number of carbonyl (C=O) groups excluding carboxylic acids is 2. The first-order valence-electron chi connectivity index (χ1n) is 11.1. The SMILES string of the molecule is CC(C)CCC1CCCCC1CC(C)COC(=O)CCC(=O)OCC(C)C. The summed E-state index contributed by atoms with van der Waals surface area (Å²) in [5, 5.41) is 0. The van der Waals surface area contributed by atoms with E-state index in [-0.39, 0.29) is 24.8 Å². The summed E-state index contributed by atoms with van der Waals surface area (Å²) in [6.07, 6.45) is 9.43. The van der Waals surface area contributed by atoms with Crippen LogP contribution >= 0.6 is 0 Å². The molecule has 4 nitrogen and oxygen atoms in total. The molecular formula is C23H42O4. The first-order valence-corrected chi connectivity index (χ1v) is 11.1. The van der Waals surface area contributed by atoms with E-state index in [1.54, 1.807) is 0 Å². The normalized spacial score (nSPS) is 21.3. The molecule has 1 aliphatic carbocycles. The minimum absolute atomic E-state index is 0.111. The van der Waals surface area contributed by atoms with Gasteiger partial charge in [-0.05, 0) is 42.4 Å². The third kappa shape index (κ3) is 11.4. The summed E-state index contributed by atoms with van der Waals surface area (Å²) in [6.45, 7) is 11.6. The van der Waals surface area contributed by atoms with E-state index < -0.39 is 0 Å². The van der Waals surface area contributed by atoms with Crippen molar-refractivity contribution in [3.8, 4) is 0 Å². The lowest BCUT2D eigenvalue weighted by molar-refractivity contribution is -0.151. The molecule has 0 N–H and O–H groups in total.